The van der Waals surface area contributed by atoms with Crippen molar-refractivity contribution in [3.63, 3.8) is 0 Å². The number of aryl methyl sites for hydroxylation is 1. The van der Waals surface area contributed by atoms with Gasteiger partial charge in [-0.25, -0.2) is 8.42 Å². The maximum atomic E-state index is 12.6. The average molecular weight is 389 g/mol. The highest BCUT2D eigenvalue weighted by molar-refractivity contribution is 7.92. The first-order chi connectivity index (χ1) is 12.8. The van der Waals surface area contributed by atoms with Crippen LogP contribution in [0.2, 0.25) is 0 Å². The number of benzene rings is 2. The number of β-amino-alcohol motifs (C(OH)–C–C–N with tert-alkyl or cyclic N) is 1. The molecule has 0 saturated carbocycles. The van der Waals surface area contributed by atoms with Gasteiger partial charge in [0.15, 0.2) is 0 Å². The van der Waals surface area contributed by atoms with E-state index in [2.05, 4.69) is 15.4 Å². The molecule has 1 fully saturated rings. The second-order valence-electron chi connectivity index (χ2n) is 6.70. The van der Waals surface area contributed by atoms with E-state index in [0.29, 0.717) is 25.3 Å². The number of hydrogen-bond donors (Lipinski definition) is 4. The number of nitrogens with one attached hydrogen (secondary N) is 3. The Morgan fingerprint density at radius 3 is 2.59 bits per heavy atom. The number of carbonyl (C=O) groups excluding carboxylic acids is 1. The van der Waals surface area contributed by atoms with E-state index in [4.69, 9.17) is 0 Å². The molecule has 4 N–H and O–H groups in total. The third kappa shape index (κ3) is 4.85. The maximum absolute atomic E-state index is 12.6. The van der Waals surface area contributed by atoms with Gasteiger partial charge in [-0.15, -0.1) is 0 Å². The Morgan fingerprint density at radius 2 is 1.93 bits per heavy atom. The number of aliphatic hydroxyl groups excluding tert-OH is 1. The fourth-order valence-corrected chi connectivity index (χ4v) is 4.00. The van der Waals surface area contributed by atoms with Crippen molar-refractivity contribution in [3.05, 3.63) is 59.7 Å². The molecule has 1 amide bonds. The molecule has 0 aliphatic carbocycles. The molecule has 1 saturated heterocycles. The van der Waals surface area contributed by atoms with Gasteiger partial charge in [-0.1, -0.05) is 23.8 Å². The van der Waals surface area contributed by atoms with Gasteiger partial charge in [0.1, 0.15) is 0 Å². The summed E-state index contributed by atoms with van der Waals surface area (Å²) in [6, 6.07) is 12.9. The largest absolute Gasteiger partial charge is 0.391 e. The average Bonchev–Trinajstić information content (AvgIpc) is 3.06. The van der Waals surface area contributed by atoms with E-state index in [1.807, 2.05) is 19.1 Å². The molecule has 2 aromatic carbocycles. The monoisotopic (exact) mass is 389 g/mol. The number of amides is 1. The summed E-state index contributed by atoms with van der Waals surface area (Å²) in [6.45, 7) is 3.39. The molecule has 7 nitrogen and oxygen atoms in total. The first-order valence-electron chi connectivity index (χ1n) is 8.72. The van der Waals surface area contributed by atoms with Crippen LogP contribution < -0.4 is 15.4 Å². The number of anilines is 1. The summed E-state index contributed by atoms with van der Waals surface area (Å²) in [6.07, 6.45) is -0.490. The molecule has 1 heterocycles. The van der Waals surface area contributed by atoms with Crippen molar-refractivity contribution in [2.24, 2.45) is 5.92 Å². The Morgan fingerprint density at radius 1 is 1.19 bits per heavy atom. The Balaban J connectivity index is 1.70. The van der Waals surface area contributed by atoms with Gasteiger partial charge >= 0.3 is 0 Å². The van der Waals surface area contributed by atoms with Gasteiger partial charge in [0.25, 0.3) is 15.9 Å². The van der Waals surface area contributed by atoms with Crippen LogP contribution in [0.15, 0.2) is 53.4 Å². The first kappa shape index (κ1) is 19.3. The highest BCUT2D eigenvalue weighted by atomic mass is 32.2. The van der Waals surface area contributed by atoms with Crippen LogP contribution >= 0.6 is 0 Å². The van der Waals surface area contributed by atoms with Crippen LogP contribution in [0.5, 0.6) is 0 Å². The van der Waals surface area contributed by atoms with Gasteiger partial charge in [-0.05, 0) is 37.3 Å². The van der Waals surface area contributed by atoms with Crippen LogP contribution in [0, 0.1) is 12.8 Å². The molecule has 0 radical (unpaired) electrons. The fraction of sp³-hybridized carbons (Fsp3) is 0.316. The van der Waals surface area contributed by atoms with Crippen molar-refractivity contribution in [1.82, 2.24) is 10.6 Å². The second kappa shape index (κ2) is 8.08. The SMILES string of the molecule is Cc1ccc(NS(=O)(=O)c2cccc(C(=O)NCC3CNCC3O)c2)cc1. The molecule has 2 atom stereocenters. The summed E-state index contributed by atoms with van der Waals surface area (Å²) < 4.78 is 27.7. The molecule has 144 valence electrons. The zero-order valence-electron chi connectivity index (χ0n) is 15.0. The standard InChI is InChI=1S/C19H23N3O4S/c1-13-5-7-16(8-6-13)22-27(25,26)17-4-2-3-14(9-17)19(24)21-11-15-10-20-12-18(15)23/h2-9,15,18,20,22-23H,10-12H2,1H3,(H,21,24). The molecular formula is C19H23N3O4S. The summed E-state index contributed by atoms with van der Waals surface area (Å²) >= 11 is 0. The Bertz CT molecular complexity index is 913. The van der Waals surface area contributed by atoms with Crippen LogP contribution in [-0.2, 0) is 10.0 Å². The van der Waals surface area contributed by atoms with Crippen molar-refractivity contribution in [1.29, 1.82) is 0 Å². The van der Waals surface area contributed by atoms with Crippen LogP contribution in [0.1, 0.15) is 15.9 Å². The fourth-order valence-electron chi connectivity index (χ4n) is 2.89. The number of aliphatic hydroxyl groups is 1. The number of carbonyl (C=O) groups is 1. The zero-order chi connectivity index (χ0) is 19.4. The second-order valence-corrected chi connectivity index (χ2v) is 8.38. The number of rotatable bonds is 6. The molecule has 0 bridgehead atoms. The van der Waals surface area contributed by atoms with E-state index in [-0.39, 0.29) is 22.3 Å². The summed E-state index contributed by atoms with van der Waals surface area (Å²) in [4.78, 5) is 12.4. The molecular weight excluding hydrogens is 366 g/mol. The van der Waals surface area contributed by atoms with Gasteiger partial charge in [-0.3, -0.25) is 9.52 Å². The lowest BCUT2D eigenvalue weighted by atomic mass is 10.1. The molecule has 1 aliphatic heterocycles. The summed E-state index contributed by atoms with van der Waals surface area (Å²) in [5, 5.41) is 15.6. The van der Waals surface area contributed by atoms with Crippen molar-refractivity contribution < 1.29 is 18.3 Å². The van der Waals surface area contributed by atoms with E-state index < -0.39 is 16.1 Å². The maximum Gasteiger partial charge on any atom is 0.261 e. The Hall–Kier alpha value is -2.42. The highest BCUT2D eigenvalue weighted by Crippen LogP contribution is 2.18. The molecule has 1 aliphatic rings. The molecule has 0 aromatic heterocycles. The van der Waals surface area contributed by atoms with Crippen LogP contribution in [0.4, 0.5) is 5.69 Å². The van der Waals surface area contributed by atoms with E-state index >= 15 is 0 Å². The molecule has 27 heavy (non-hydrogen) atoms. The van der Waals surface area contributed by atoms with Crippen molar-refractivity contribution in [3.8, 4) is 0 Å². The van der Waals surface area contributed by atoms with Gasteiger partial charge in [0.05, 0.1) is 11.0 Å². The lowest BCUT2D eigenvalue weighted by molar-refractivity contribution is 0.0927. The highest BCUT2D eigenvalue weighted by Gasteiger charge is 2.25. The summed E-state index contributed by atoms with van der Waals surface area (Å²) in [5.41, 5.74) is 1.74. The molecule has 2 unspecified atom stereocenters. The third-order valence-corrected chi connectivity index (χ3v) is 5.92. The predicted molar refractivity (Wildman–Crippen MR) is 103 cm³/mol. The van der Waals surface area contributed by atoms with E-state index in [9.17, 15) is 18.3 Å². The number of sulfonamides is 1. The smallest absolute Gasteiger partial charge is 0.261 e. The lowest BCUT2D eigenvalue weighted by Gasteiger charge is -2.14. The third-order valence-electron chi connectivity index (χ3n) is 4.54. The minimum atomic E-state index is -3.80. The molecule has 8 heteroatoms. The minimum absolute atomic E-state index is 0.0123. The molecule has 2 aromatic rings. The van der Waals surface area contributed by atoms with Crippen molar-refractivity contribution in [2.45, 2.75) is 17.9 Å². The van der Waals surface area contributed by atoms with Crippen molar-refractivity contribution >= 4 is 21.6 Å². The van der Waals surface area contributed by atoms with Crippen LogP contribution in [-0.4, -0.2) is 45.2 Å². The molecule has 0 spiro atoms. The van der Waals surface area contributed by atoms with Crippen LogP contribution in [0.25, 0.3) is 0 Å². The Labute approximate surface area is 158 Å². The van der Waals surface area contributed by atoms with E-state index in [0.717, 1.165) is 5.56 Å². The van der Waals surface area contributed by atoms with E-state index in [1.54, 1.807) is 18.2 Å². The van der Waals surface area contributed by atoms with Crippen molar-refractivity contribution in [2.75, 3.05) is 24.4 Å². The van der Waals surface area contributed by atoms with Gasteiger partial charge < -0.3 is 15.7 Å². The first-order valence-corrected chi connectivity index (χ1v) is 10.2. The Kier molecular flexibility index (Phi) is 5.79. The quantitative estimate of drug-likeness (QED) is 0.592. The van der Waals surface area contributed by atoms with E-state index in [1.165, 1.54) is 18.2 Å². The van der Waals surface area contributed by atoms with Gasteiger partial charge in [-0.2, -0.15) is 0 Å². The zero-order valence-corrected chi connectivity index (χ0v) is 15.8. The minimum Gasteiger partial charge on any atom is -0.391 e. The number of hydrogen-bond acceptors (Lipinski definition) is 5. The topological polar surface area (TPSA) is 108 Å². The lowest BCUT2D eigenvalue weighted by Crippen LogP contribution is -2.34. The normalized spacial score (nSPS) is 19.6. The van der Waals surface area contributed by atoms with Crippen LogP contribution in [0.3, 0.4) is 0 Å². The van der Waals surface area contributed by atoms with Gasteiger partial charge in [0.2, 0.25) is 0 Å². The van der Waals surface area contributed by atoms with Gasteiger partial charge in [0, 0.05) is 36.8 Å². The summed E-state index contributed by atoms with van der Waals surface area (Å²) in [5.74, 6) is -0.425. The molecule has 3 rings (SSSR count). The summed E-state index contributed by atoms with van der Waals surface area (Å²) in [7, 11) is -3.80. The predicted octanol–water partition coefficient (Wildman–Crippen LogP) is 1.11.